The van der Waals surface area contributed by atoms with E-state index < -0.39 is 0 Å². The van der Waals surface area contributed by atoms with Crippen molar-refractivity contribution < 1.29 is 9.47 Å². The molecule has 0 fully saturated rings. The van der Waals surface area contributed by atoms with E-state index in [1.54, 1.807) is 7.11 Å². The normalized spacial score (nSPS) is 10.2. The van der Waals surface area contributed by atoms with Crippen molar-refractivity contribution in [2.24, 2.45) is 0 Å². The Balaban J connectivity index is 2.20. The summed E-state index contributed by atoms with van der Waals surface area (Å²) in [5.74, 6) is 3.65. The highest BCUT2D eigenvalue weighted by Crippen LogP contribution is 2.24. The Hall–Kier alpha value is -2.30. The smallest absolute Gasteiger partial charge is 0.224 e. The highest BCUT2D eigenvalue weighted by Gasteiger charge is 2.06. The van der Waals surface area contributed by atoms with Gasteiger partial charge in [0.1, 0.15) is 23.1 Å². The van der Waals surface area contributed by atoms with Gasteiger partial charge in [0.15, 0.2) is 0 Å². The number of benzene rings is 1. The first-order valence-corrected chi connectivity index (χ1v) is 7.19. The molecule has 112 valence electrons. The Morgan fingerprint density at radius 3 is 2.38 bits per heavy atom. The standard InChI is InChI=1S/C16H21N3O2/c1-4-6-14-18-15(17-5-2)11-16(19-14)21-13-9-7-12(20-3)8-10-13/h7-11H,4-6H2,1-3H3,(H,17,18,19). The lowest BCUT2D eigenvalue weighted by Gasteiger charge is -2.10. The van der Waals surface area contributed by atoms with Crippen LogP contribution in [-0.2, 0) is 6.42 Å². The number of nitrogens with one attached hydrogen (secondary N) is 1. The summed E-state index contributed by atoms with van der Waals surface area (Å²) in [7, 11) is 1.64. The number of ether oxygens (including phenoxy) is 2. The first-order chi connectivity index (χ1) is 10.2. The van der Waals surface area contributed by atoms with Crippen LogP contribution < -0.4 is 14.8 Å². The molecule has 5 nitrogen and oxygen atoms in total. The minimum Gasteiger partial charge on any atom is -0.497 e. The molecule has 0 saturated heterocycles. The fourth-order valence-electron chi connectivity index (χ4n) is 1.90. The Labute approximate surface area is 125 Å². The van der Waals surface area contributed by atoms with Crippen molar-refractivity contribution in [2.45, 2.75) is 26.7 Å². The van der Waals surface area contributed by atoms with E-state index in [0.717, 1.165) is 42.5 Å². The van der Waals surface area contributed by atoms with Gasteiger partial charge in [-0.3, -0.25) is 0 Å². The zero-order chi connectivity index (χ0) is 15.1. The fourth-order valence-corrected chi connectivity index (χ4v) is 1.90. The van der Waals surface area contributed by atoms with Gasteiger partial charge in [-0.05, 0) is 37.6 Å². The zero-order valence-electron chi connectivity index (χ0n) is 12.7. The first-order valence-electron chi connectivity index (χ1n) is 7.19. The Kier molecular flexibility index (Phi) is 5.37. The van der Waals surface area contributed by atoms with Crippen LogP contribution in [0.15, 0.2) is 30.3 Å². The van der Waals surface area contributed by atoms with Crippen LogP contribution in [0.2, 0.25) is 0 Å². The molecule has 1 N–H and O–H groups in total. The molecular formula is C16H21N3O2. The monoisotopic (exact) mass is 287 g/mol. The summed E-state index contributed by atoms with van der Waals surface area (Å²) in [5, 5.41) is 3.20. The molecule has 1 aromatic heterocycles. The number of anilines is 1. The Morgan fingerprint density at radius 2 is 1.76 bits per heavy atom. The molecule has 0 aliphatic heterocycles. The third-order valence-electron chi connectivity index (χ3n) is 2.86. The largest absolute Gasteiger partial charge is 0.497 e. The third-order valence-corrected chi connectivity index (χ3v) is 2.86. The van der Waals surface area contributed by atoms with Crippen molar-refractivity contribution in [2.75, 3.05) is 19.0 Å². The molecule has 0 amide bonds. The third kappa shape index (κ3) is 4.34. The maximum Gasteiger partial charge on any atom is 0.224 e. The van der Waals surface area contributed by atoms with E-state index in [0.29, 0.717) is 5.88 Å². The molecule has 0 saturated carbocycles. The SMILES string of the molecule is CCCc1nc(NCC)cc(Oc2ccc(OC)cc2)n1. The van der Waals surface area contributed by atoms with Crippen LogP contribution in [0, 0.1) is 0 Å². The molecule has 0 aliphatic rings. The fraction of sp³-hybridized carbons (Fsp3) is 0.375. The lowest BCUT2D eigenvalue weighted by molar-refractivity contribution is 0.412. The predicted molar refractivity (Wildman–Crippen MR) is 83.3 cm³/mol. The van der Waals surface area contributed by atoms with Crippen LogP contribution in [-0.4, -0.2) is 23.6 Å². The number of aromatic nitrogens is 2. The molecule has 0 radical (unpaired) electrons. The van der Waals surface area contributed by atoms with E-state index in [4.69, 9.17) is 9.47 Å². The summed E-state index contributed by atoms with van der Waals surface area (Å²) in [5.41, 5.74) is 0. The average molecular weight is 287 g/mol. The van der Waals surface area contributed by atoms with Crippen LogP contribution >= 0.6 is 0 Å². The molecular weight excluding hydrogens is 266 g/mol. The quantitative estimate of drug-likeness (QED) is 0.842. The molecule has 0 atom stereocenters. The second-order valence-electron chi connectivity index (χ2n) is 4.57. The van der Waals surface area contributed by atoms with Gasteiger partial charge < -0.3 is 14.8 Å². The van der Waals surface area contributed by atoms with Gasteiger partial charge in [0, 0.05) is 19.0 Å². The van der Waals surface area contributed by atoms with E-state index in [1.807, 2.05) is 37.3 Å². The van der Waals surface area contributed by atoms with Crippen molar-refractivity contribution in [3.05, 3.63) is 36.2 Å². The summed E-state index contributed by atoms with van der Waals surface area (Å²) < 4.78 is 10.9. The second kappa shape index (κ2) is 7.47. The van der Waals surface area contributed by atoms with E-state index in [1.165, 1.54) is 0 Å². The molecule has 21 heavy (non-hydrogen) atoms. The van der Waals surface area contributed by atoms with Gasteiger partial charge in [-0.2, -0.15) is 4.98 Å². The predicted octanol–water partition coefficient (Wildman–Crippen LogP) is 3.66. The number of hydrogen-bond donors (Lipinski definition) is 1. The number of aryl methyl sites for hydroxylation is 1. The minimum absolute atomic E-state index is 0.551. The van der Waals surface area contributed by atoms with Crippen molar-refractivity contribution >= 4 is 5.82 Å². The van der Waals surface area contributed by atoms with E-state index >= 15 is 0 Å². The second-order valence-corrected chi connectivity index (χ2v) is 4.57. The number of rotatable bonds is 7. The molecule has 0 bridgehead atoms. The van der Waals surface area contributed by atoms with E-state index in [2.05, 4.69) is 22.2 Å². The van der Waals surface area contributed by atoms with Gasteiger partial charge >= 0.3 is 0 Å². The minimum atomic E-state index is 0.551. The van der Waals surface area contributed by atoms with Crippen molar-refractivity contribution in [1.29, 1.82) is 0 Å². The zero-order valence-corrected chi connectivity index (χ0v) is 12.7. The average Bonchev–Trinajstić information content (AvgIpc) is 2.48. The lowest BCUT2D eigenvalue weighted by Crippen LogP contribution is -2.04. The molecule has 0 spiro atoms. The van der Waals surface area contributed by atoms with Gasteiger partial charge in [-0.25, -0.2) is 4.98 Å². The summed E-state index contributed by atoms with van der Waals surface area (Å²) in [6.07, 6.45) is 1.83. The summed E-state index contributed by atoms with van der Waals surface area (Å²) in [6.45, 7) is 4.95. The highest BCUT2D eigenvalue weighted by molar-refractivity contribution is 5.40. The van der Waals surface area contributed by atoms with Crippen LogP contribution in [0.1, 0.15) is 26.1 Å². The summed E-state index contributed by atoms with van der Waals surface area (Å²) >= 11 is 0. The topological polar surface area (TPSA) is 56.3 Å². The maximum absolute atomic E-state index is 5.81. The summed E-state index contributed by atoms with van der Waals surface area (Å²) in [4.78, 5) is 8.90. The van der Waals surface area contributed by atoms with Crippen LogP contribution in [0.4, 0.5) is 5.82 Å². The maximum atomic E-state index is 5.81. The van der Waals surface area contributed by atoms with Gasteiger partial charge in [0.05, 0.1) is 7.11 Å². The molecule has 5 heteroatoms. The van der Waals surface area contributed by atoms with E-state index in [-0.39, 0.29) is 0 Å². The lowest BCUT2D eigenvalue weighted by atomic mass is 10.3. The van der Waals surface area contributed by atoms with Crippen LogP contribution in [0.25, 0.3) is 0 Å². The van der Waals surface area contributed by atoms with Gasteiger partial charge in [-0.15, -0.1) is 0 Å². The Morgan fingerprint density at radius 1 is 1.05 bits per heavy atom. The highest BCUT2D eigenvalue weighted by atomic mass is 16.5. The first kappa shape index (κ1) is 15.1. The van der Waals surface area contributed by atoms with Crippen molar-refractivity contribution in [3.8, 4) is 17.4 Å². The molecule has 2 rings (SSSR count). The number of hydrogen-bond acceptors (Lipinski definition) is 5. The van der Waals surface area contributed by atoms with E-state index in [9.17, 15) is 0 Å². The Bertz CT molecular complexity index is 546. The molecule has 1 aromatic carbocycles. The van der Waals surface area contributed by atoms with Crippen LogP contribution in [0.3, 0.4) is 0 Å². The molecule has 0 aliphatic carbocycles. The van der Waals surface area contributed by atoms with Crippen molar-refractivity contribution in [1.82, 2.24) is 9.97 Å². The summed E-state index contributed by atoms with van der Waals surface area (Å²) in [6, 6.07) is 9.23. The van der Waals surface area contributed by atoms with Gasteiger partial charge in [0.25, 0.3) is 0 Å². The number of methoxy groups -OCH3 is 1. The molecule has 2 aromatic rings. The van der Waals surface area contributed by atoms with Crippen LogP contribution in [0.5, 0.6) is 17.4 Å². The molecule has 0 unspecified atom stereocenters. The molecule has 1 heterocycles. The van der Waals surface area contributed by atoms with Crippen molar-refractivity contribution in [3.63, 3.8) is 0 Å². The number of nitrogens with zero attached hydrogens (tertiary/aromatic N) is 2. The van der Waals surface area contributed by atoms with Gasteiger partial charge in [-0.1, -0.05) is 6.92 Å². The van der Waals surface area contributed by atoms with Gasteiger partial charge in [0.2, 0.25) is 5.88 Å².